The molecule has 3 aliphatic rings. The van der Waals surface area contributed by atoms with E-state index < -0.39 is 0 Å². The summed E-state index contributed by atoms with van der Waals surface area (Å²) in [5, 5.41) is 1.14. The summed E-state index contributed by atoms with van der Waals surface area (Å²) < 4.78 is 2.09. The van der Waals surface area contributed by atoms with Gasteiger partial charge in [-0.3, -0.25) is 4.79 Å². The van der Waals surface area contributed by atoms with Crippen LogP contribution in [0.25, 0.3) is 11.0 Å². The number of imidazole rings is 1. The van der Waals surface area contributed by atoms with E-state index in [2.05, 4.69) is 58.7 Å². The van der Waals surface area contributed by atoms with E-state index in [1.54, 1.807) is 0 Å². The summed E-state index contributed by atoms with van der Waals surface area (Å²) in [5.74, 6) is 0.807. The fourth-order valence-corrected chi connectivity index (χ4v) is 6.41. The molecule has 1 fully saturated rings. The molecular weight excluding hydrogens is 403 g/mol. The van der Waals surface area contributed by atoms with Crippen LogP contribution in [-0.2, 0) is 4.79 Å². The normalized spacial score (nSPS) is 23.4. The summed E-state index contributed by atoms with van der Waals surface area (Å²) in [4.78, 5) is 22.2. The maximum absolute atomic E-state index is 13.1. The Labute approximate surface area is 186 Å². The summed E-state index contributed by atoms with van der Waals surface area (Å²) in [6.07, 6.45) is 16.3. The molecule has 2 atom stereocenters. The highest BCUT2D eigenvalue weighted by molar-refractivity contribution is 7.51. The maximum atomic E-state index is 13.1. The quantitative estimate of drug-likeness (QED) is 0.654. The number of amides is 1. The van der Waals surface area contributed by atoms with Crippen molar-refractivity contribution in [2.45, 2.75) is 45.8 Å². The SMILES string of the molecule is CCCN1CCC(C2=CN3C(=O)C=C(c4cc(C)c5nc(C)cn5c4)PC3C=C2)CC1. The summed E-state index contributed by atoms with van der Waals surface area (Å²) in [6, 6.07) is 2.17. The van der Waals surface area contributed by atoms with E-state index >= 15 is 0 Å². The van der Waals surface area contributed by atoms with Gasteiger partial charge in [-0.05, 0) is 86.7 Å². The van der Waals surface area contributed by atoms with Gasteiger partial charge in [-0.15, -0.1) is 0 Å². The molecule has 2 unspecified atom stereocenters. The Kier molecular flexibility index (Phi) is 5.58. The summed E-state index contributed by atoms with van der Waals surface area (Å²) in [6.45, 7) is 9.89. The lowest BCUT2D eigenvalue weighted by Gasteiger charge is -2.37. The van der Waals surface area contributed by atoms with E-state index in [9.17, 15) is 4.79 Å². The van der Waals surface area contributed by atoms with Crippen LogP contribution in [-0.4, -0.2) is 50.5 Å². The third kappa shape index (κ3) is 4.02. The second-order valence-corrected chi connectivity index (χ2v) is 10.4. The molecule has 2 aromatic rings. The van der Waals surface area contributed by atoms with Gasteiger partial charge in [-0.1, -0.05) is 27.7 Å². The average Bonchev–Trinajstić information content (AvgIpc) is 3.15. The number of aryl methyl sites for hydroxylation is 2. The number of nitrogens with zero attached hydrogens (tertiary/aromatic N) is 4. The van der Waals surface area contributed by atoms with Crippen molar-refractivity contribution >= 4 is 25.4 Å². The Balaban J connectivity index is 1.36. The number of carbonyl (C=O) groups excluding carboxylic acids is 1. The van der Waals surface area contributed by atoms with Crippen molar-refractivity contribution in [3.8, 4) is 0 Å². The van der Waals surface area contributed by atoms with Gasteiger partial charge in [0.15, 0.2) is 0 Å². The van der Waals surface area contributed by atoms with Gasteiger partial charge in [-0.2, -0.15) is 0 Å². The molecule has 0 N–H and O–H groups in total. The molecular formula is C25H31N4OP. The fourth-order valence-electron chi connectivity index (χ4n) is 5.05. The Hall–Kier alpha value is -2.23. The third-order valence-corrected chi connectivity index (χ3v) is 8.16. The first-order valence-corrected chi connectivity index (χ1v) is 12.5. The van der Waals surface area contributed by atoms with E-state index in [0.29, 0.717) is 14.5 Å². The van der Waals surface area contributed by atoms with Gasteiger partial charge >= 0.3 is 0 Å². The van der Waals surface area contributed by atoms with E-state index in [0.717, 1.165) is 27.8 Å². The monoisotopic (exact) mass is 434 g/mol. The maximum Gasteiger partial charge on any atom is 0.252 e. The lowest BCUT2D eigenvalue weighted by molar-refractivity contribution is -0.123. The molecule has 6 heteroatoms. The number of carbonyl (C=O) groups is 1. The van der Waals surface area contributed by atoms with Crippen molar-refractivity contribution in [3.63, 3.8) is 0 Å². The minimum absolute atomic E-state index is 0.101. The molecule has 0 saturated carbocycles. The van der Waals surface area contributed by atoms with Crippen molar-refractivity contribution in [2.75, 3.05) is 19.6 Å². The van der Waals surface area contributed by atoms with Gasteiger partial charge < -0.3 is 14.2 Å². The van der Waals surface area contributed by atoms with Gasteiger partial charge in [0.2, 0.25) is 0 Å². The van der Waals surface area contributed by atoms with E-state index in [-0.39, 0.29) is 11.7 Å². The Morgan fingerprint density at radius 2 is 2.00 bits per heavy atom. The van der Waals surface area contributed by atoms with Crippen LogP contribution >= 0.6 is 8.58 Å². The van der Waals surface area contributed by atoms with Crippen LogP contribution in [0.5, 0.6) is 0 Å². The third-order valence-electron chi connectivity index (χ3n) is 6.65. The van der Waals surface area contributed by atoms with Crippen LogP contribution in [0.3, 0.4) is 0 Å². The minimum Gasteiger partial charge on any atom is -0.306 e. The molecule has 1 amide bonds. The number of fused-ring (bicyclic) bond motifs is 2. The smallest absolute Gasteiger partial charge is 0.252 e. The van der Waals surface area contributed by atoms with Gasteiger partial charge in [0.1, 0.15) is 5.65 Å². The summed E-state index contributed by atoms with van der Waals surface area (Å²) >= 11 is 0. The number of hydrogen-bond donors (Lipinski definition) is 0. The highest BCUT2D eigenvalue weighted by Crippen LogP contribution is 2.45. The summed E-state index contributed by atoms with van der Waals surface area (Å²) in [7, 11) is 0.547. The van der Waals surface area contributed by atoms with E-state index in [1.807, 2.05) is 24.1 Å². The van der Waals surface area contributed by atoms with Crippen LogP contribution < -0.4 is 0 Å². The number of piperidine rings is 1. The van der Waals surface area contributed by atoms with Gasteiger partial charge in [0, 0.05) is 24.7 Å². The molecule has 31 heavy (non-hydrogen) atoms. The first-order valence-electron chi connectivity index (χ1n) is 11.4. The number of pyridine rings is 1. The number of likely N-dealkylation sites (tertiary alicyclic amines) is 1. The Morgan fingerprint density at radius 3 is 2.77 bits per heavy atom. The molecule has 0 radical (unpaired) electrons. The predicted molar refractivity (Wildman–Crippen MR) is 128 cm³/mol. The zero-order valence-electron chi connectivity index (χ0n) is 18.6. The van der Waals surface area contributed by atoms with Crippen molar-refractivity contribution in [2.24, 2.45) is 5.92 Å². The van der Waals surface area contributed by atoms with Crippen molar-refractivity contribution in [1.82, 2.24) is 19.2 Å². The molecule has 5 nitrogen and oxygen atoms in total. The number of aromatic nitrogens is 2. The number of rotatable bonds is 4. The van der Waals surface area contributed by atoms with Gasteiger partial charge in [-0.25, -0.2) is 4.98 Å². The molecule has 2 aromatic heterocycles. The molecule has 0 bridgehead atoms. The highest BCUT2D eigenvalue weighted by atomic mass is 31.1. The van der Waals surface area contributed by atoms with Crippen LogP contribution in [0.2, 0.25) is 0 Å². The average molecular weight is 435 g/mol. The standard InChI is InChI=1S/C25H31N4OP/c1-4-9-27-10-7-19(8-11-27)20-5-6-24-29(16-20)23(30)13-22(31-24)21-12-17(2)25-26-18(3)14-28(25)15-21/h5-6,12-16,19,24,31H,4,7-11H2,1-3H3. The topological polar surface area (TPSA) is 40.8 Å². The van der Waals surface area contributed by atoms with Crippen LogP contribution in [0.15, 0.2) is 48.5 Å². The second kappa shape index (κ2) is 8.37. The van der Waals surface area contributed by atoms with E-state index in [4.69, 9.17) is 0 Å². The van der Waals surface area contributed by atoms with Crippen molar-refractivity contribution < 1.29 is 4.79 Å². The predicted octanol–water partition coefficient (Wildman–Crippen LogP) is 4.71. The lowest BCUT2D eigenvalue weighted by atomic mass is 9.88. The first-order chi connectivity index (χ1) is 15.0. The zero-order valence-corrected chi connectivity index (χ0v) is 19.6. The second-order valence-electron chi connectivity index (χ2n) is 9.02. The number of allylic oxidation sites excluding steroid dienone is 2. The lowest BCUT2D eigenvalue weighted by Crippen LogP contribution is -2.38. The fraction of sp³-hybridized carbons (Fsp3) is 0.440. The molecule has 0 spiro atoms. The van der Waals surface area contributed by atoms with Crippen molar-refractivity contribution in [3.05, 3.63) is 65.3 Å². The molecule has 3 aliphatic heterocycles. The Morgan fingerprint density at radius 1 is 1.19 bits per heavy atom. The van der Waals surface area contributed by atoms with E-state index in [1.165, 1.54) is 44.5 Å². The zero-order chi connectivity index (χ0) is 21.5. The largest absolute Gasteiger partial charge is 0.306 e. The van der Waals surface area contributed by atoms with Crippen LogP contribution in [0, 0.1) is 19.8 Å². The summed E-state index contributed by atoms with van der Waals surface area (Å²) in [5.41, 5.74) is 5.59. The van der Waals surface area contributed by atoms with Crippen LogP contribution in [0.4, 0.5) is 0 Å². The molecule has 0 aromatic carbocycles. The first kappa shape index (κ1) is 20.7. The minimum atomic E-state index is 0.101. The van der Waals surface area contributed by atoms with Crippen LogP contribution in [0.1, 0.15) is 43.0 Å². The molecule has 5 rings (SSSR count). The molecule has 162 valence electrons. The highest BCUT2D eigenvalue weighted by Gasteiger charge is 2.31. The number of hydrogen-bond acceptors (Lipinski definition) is 3. The van der Waals surface area contributed by atoms with Gasteiger partial charge in [0.25, 0.3) is 5.91 Å². The van der Waals surface area contributed by atoms with Crippen molar-refractivity contribution in [1.29, 1.82) is 0 Å². The molecule has 5 heterocycles. The molecule has 1 saturated heterocycles. The Bertz CT molecular complexity index is 1100. The molecule has 0 aliphatic carbocycles. The van der Waals surface area contributed by atoms with Gasteiger partial charge in [0.05, 0.1) is 11.5 Å².